The summed E-state index contributed by atoms with van der Waals surface area (Å²) in [5.74, 6) is -1.20. The fraction of sp³-hybridized carbons (Fsp3) is 0.600. The smallest absolute Gasteiger partial charge is 0.338 e. The Morgan fingerprint density at radius 3 is 2.62 bits per heavy atom. The second-order valence-electron chi connectivity index (χ2n) is 7.21. The van der Waals surface area contributed by atoms with Crippen LogP contribution in [0.25, 0.3) is 0 Å². The first-order valence-electron chi connectivity index (χ1n) is 9.97. The van der Waals surface area contributed by atoms with Crippen molar-refractivity contribution in [3.8, 4) is 0 Å². The third-order valence-corrected chi connectivity index (χ3v) is 4.53. The molecule has 0 aliphatic carbocycles. The molecule has 0 radical (unpaired) electrons. The Balaban J connectivity index is 1.87. The zero-order valence-electron chi connectivity index (χ0n) is 17.0. The predicted octanol–water partition coefficient (Wildman–Crippen LogP) is 2.67. The standard InChI is InChI=1S/C20H29N3O6/c1-15(2)28-12-6-9-21-19(24)14-29-20(25)16-7-8-17(18(13-16)23(26)27)22-10-4-3-5-11-22/h7-8,13,15H,3-6,9-12,14H2,1-2H3,(H,21,24). The molecule has 1 fully saturated rings. The number of nitrogens with one attached hydrogen (secondary N) is 1. The van der Waals surface area contributed by atoms with Gasteiger partial charge in [0.15, 0.2) is 6.61 Å². The van der Waals surface area contributed by atoms with Gasteiger partial charge in [-0.05, 0) is 51.7 Å². The van der Waals surface area contributed by atoms with E-state index in [1.807, 2.05) is 18.7 Å². The van der Waals surface area contributed by atoms with Gasteiger partial charge in [0.25, 0.3) is 11.6 Å². The largest absolute Gasteiger partial charge is 0.452 e. The van der Waals surface area contributed by atoms with Crippen molar-refractivity contribution in [1.29, 1.82) is 0 Å². The number of amides is 1. The first kappa shape index (κ1) is 22.6. The van der Waals surface area contributed by atoms with Gasteiger partial charge >= 0.3 is 5.97 Å². The van der Waals surface area contributed by atoms with Crippen LogP contribution in [0.15, 0.2) is 18.2 Å². The molecule has 1 aliphatic rings. The fourth-order valence-corrected chi connectivity index (χ4v) is 3.08. The second-order valence-corrected chi connectivity index (χ2v) is 7.21. The van der Waals surface area contributed by atoms with E-state index in [4.69, 9.17) is 9.47 Å². The van der Waals surface area contributed by atoms with E-state index >= 15 is 0 Å². The summed E-state index contributed by atoms with van der Waals surface area (Å²) in [6.07, 6.45) is 3.88. The van der Waals surface area contributed by atoms with E-state index in [-0.39, 0.29) is 17.4 Å². The van der Waals surface area contributed by atoms with Crippen molar-refractivity contribution < 1.29 is 24.0 Å². The van der Waals surface area contributed by atoms with E-state index < -0.39 is 23.4 Å². The van der Waals surface area contributed by atoms with Crippen LogP contribution in [0.2, 0.25) is 0 Å². The van der Waals surface area contributed by atoms with Crippen LogP contribution in [0, 0.1) is 10.1 Å². The number of piperidine rings is 1. The number of anilines is 1. The van der Waals surface area contributed by atoms with Crippen LogP contribution in [0.1, 0.15) is 49.9 Å². The zero-order valence-corrected chi connectivity index (χ0v) is 17.0. The number of rotatable bonds is 10. The topological polar surface area (TPSA) is 111 Å². The summed E-state index contributed by atoms with van der Waals surface area (Å²) in [5.41, 5.74) is 0.430. The summed E-state index contributed by atoms with van der Waals surface area (Å²) in [5, 5.41) is 14.1. The third-order valence-electron chi connectivity index (χ3n) is 4.53. The number of esters is 1. The number of hydrogen-bond donors (Lipinski definition) is 1. The van der Waals surface area contributed by atoms with Gasteiger partial charge in [-0.2, -0.15) is 0 Å². The lowest BCUT2D eigenvalue weighted by Crippen LogP contribution is -2.30. The predicted molar refractivity (Wildman–Crippen MR) is 108 cm³/mol. The minimum Gasteiger partial charge on any atom is -0.452 e. The minimum absolute atomic E-state index is 0.0515. The lowest BCUT2D eigenvalue weighted by Gasteiger charge is -2.28. The summed E-state index contributed by atoms with van der Waals surface area (Å²) in [6, 6.07) is 4.29. The van der Waals surface area contributed by atoms with Gasteiger partial charge in [0.1, 0.15) is 5.69 Å². The van der Waals surface area contributed by atoms with Gasteiger partial charge < -0.3 is 19.7 Å². The normalized spacial score (nSPS) is 14.0. The number of benzene rings is 1. The van der Waals surface area contributed by atoms with E-state index in [1.54, 1.807) is 6.07 Å². The molecule has 1 N–H and O–H groups in total. The Bertz CT molecular complexity index is 716. The van der Waals surface area contributed by atoms with Gasteiger partial charge in [-0.25, -0.2) is 4.79 Å². The maximum Gasteiger partial charge on any atom is 0.338 e. The highest BCUT2D eigenvalue weighted by Gasteiger charge is 2.23. The summed E-state index contributed by atoms with van der Waals surface area (Å²) in [4.78, 5) is 36.9. The Kier molecular flexibility index (Phi) is 8.85. The number of ether oxygens (including phenoxy) is 2. The van der Waals surface area contributed by atoms with Crippen LogP contribution in [0.4, 0.5) is 11.4 Å². The first-order chi connectivity index (χ1) is 13.9. The second kappa shape index (κ2) is 11.4. The van der Waals surface area contributed by atoms with Gasteiger partial charge in [0.05, 0.1) is 16.6 Å². The number of carbonyl (C=O) groups is 2. The number of nitro benzene ring substituents is 1. The van der Waals surface area contributed by atoms with Gasteiger partial charge in [0, 0.05) is 32.3 Å². The van der Waals surface area contributed by atoms with Gasteiger partial charge in [-0.15, -0.1) is 0 Å². The molecule has 1 amide bonds. The number of nitro groups is 1. The maximum atomic E-state index is 12.2. The molecule has 9 nitrogen and oxygen atoms in total. The van der Waals surface area contributed by atoms with Crippen molar-refractivity contribution in [3.63, 3.8) is 0 Å². The molecule has 9 heteroatoms. The van der Waals surface area contributed by atoms with Crippen LogP contribution < -0.4 is 10.2 Å². The summed E-state index contributed by atoms with van der Waals surface area (Å²) in [6.45, 7) is 5.89. The highest BCUT2D eigenvalue weighted by Crippen LogP contribution is 2.31. The van der Waals surface area contributed by atoms with E-state index in [9.17, 15) is 19.7 Å². The molecule has 160 valence electrons. The van der Waals surface area contributed by atoms with Gasteiger partial charge in [-0.1, -0.05) is 0 Å². The van der Waals surface area contributed by atoms with E-state index in [1.165, 1.54) is 12.1 Å². The van der Waals surface area contributed by atoms with Gasteiger partial charge in [-0.3, -0.25) is 14.9 Å². The van der Waals surface area contributed by atoms with Crippen LogP contribution in [0.5, 0.6) is 0 Å². The molecule has 1 aromatic rings. The van der Waals surface area contributed by atoms with Crippen molar-refractivity contribution in [3.05, 3.63) is 33.9 Å². The molecule has 0 bridgehead atoms. The number of nitrogens with zero attached hydrogens (tertiary/aromatic N) is 2. The van der Waals surface area contributed by atoms with Crippen molar-refractivity contribution >= 4 is 23.3 Å². The van der Waals surface area contributed by atoms with Crippen LogP contribution in [-0.4, -0.2) is 55.8 Å². The molecule has 29 heavy (non-hydrogen) atoms. The molecule has 0 saturated carbocycles. The molecule has 1 aliphatic heterocycles. The van der Waals surface area contributed by atoms with E-state index in [2.05, 4.69) is 5.32 Å². The molecule has 0 aromatic heterocycles. The lowest BCUT2D eigenvalue weighted by molar-refractivity contribution is -0.384. The maximum absolute atomic E-state index is 12.2. The molecular weight excluding hydrogens is 378 g/mol. The van der Waals surface area contributed by atoms with E-state index in [0.717, 1.165) is 32.4 Å². The van der Waals surface area contributed by atoms with Crippen molar-refractivity contribution in [2.45, 2.75) is 45.6 Å². The molecule has 1 heterocycles. The highest BCUT2D eigenvalue weighted by atomic mass is 16.6. The Labute approximate surface area is 170 Å². The molecule has 0 spiro atoms. The summed E-state index contributed by atoms with van der Waals surface area (Å²) in [7, 11) is 0. The molecular formula is C20H29N3O6. The molecule has 0 unspecified atom stereocenters. The zero-order chi connectivity index (χ0) is 21.2. The molecule has 0 atom stereocenters. The number of hydrogen-bond acceptors (Lipinski definition) is 7. The average Bonchev–Trinajstić information content (AvgIpc) is 2.71. The van der Waals surface area contributed by atoms with Crippen LogP contribution in [0.3, 0.4) is 0 Å². The fourth-order valence-electron chi connectivity index (χ4n) is 3.08. The van der Waals surface area contributed by atoms with Crippen molar-refractivity contribution in [2.24, 2.45) is 0 Å². The van der Waals surface area contributed by atoms with Crippen LogP contribution >= 0.6 is 0 Å². The Morgan fingerprint density at radius 1 is 1.24 bits per heavy atom. The Hall–Kier alpha value is -2.68. The lowest BCUT2D eigenvalue weighted by atomic mass is 10.1. The molecule has 1 aromatic carbocycles. The van der Waals surface area contributed by atoms with Crippen molar-refractivity contribution in [1.82, 2.24) is 5.32 Å². The van der Waals surface area contributed by atoms with Gasteiger partial charge in [0.2, 0.25) is 0 Å². The molecule has 1 saturated heterocycles. The monoisotopic (exact) mass is 407 g/mol. The SMILES string of the molecule is CC(C)OCCCNC(=O)COC(=O)c1ccc(N2CCCCC2)c([N+](=O)[O-])c1. The summed E-state index contributed by atoms with van der Waals surface area (Å²) >= 11 is 0. The third kappa shape index (κ3) is 7.34. The minimum atomic E-state index is -0.767. The quantitative estimate of drug-likeness (QED) is 0.275. The molecule has 2 rings (SSSR count). The summed E-state index contributed by atoms with van der Waals surface area (Å²) < 4.78 is 10.4. The first-order valence-corrected chi connectivity index (χ1v) is 9.97. The van der Waals surface area contributed by atoms with Crippen molar-refractivity contribution in [2.75, 3.05) is 37.7 Å². The van der Waals surface area contributed by atoms with E-state index in [0.29, 0.717) is 25.3 Å². The highest BCUT2D eigenvalue weighted by molar-refractivity contribution is 5.93. The van der Waals surface area contributed by atoms with Crippen LogP contribution in [-0.2, 0) is 14.3 Å². The number of carbonyl (C=O) groups excluding carboxylic acids is 2. The Morgan fingerprint density at radius 2 is 1.97 bits per heavy atom. The average molecular weight is 407 g/mol.